The lowest BCUT2D eigenvalue weighted by atomic mass is 10.1. The van der Waals surface area contributed by atoms with Gasteiger partial charge in [-0.1, -0.05) is 29.8 Å². The molecule has 1 aliphatic heterocycles. The van der Waals surface area contributed by atoms with Gasteiger partial charge in [0.05, 0.1) is 34.5 Å². The molecule has 0 saturated carbocycles. The molecule has 11 heteroatoms. The van der Waals surface area contributed by atoms with Gasteiger partial charge in [-0.25, -0.2) is 13.8 Å². The second-order valence-corrected chi connectivity index (χ2v) is 9.85. The average molecular weight is 565 g/mol. The van der Waals surface area contributed by atoms with Gasteiger partial charge in [-0.05, 0) is 49.2 Å². The molecule has 4 aromatic rings. The van der Waals surface area contributed by atoms with E-state index >= 15 is 4.39 Å². The summed E-state index contributed by atoms with van der Waals surface area (Å²) in [5, 5.41) is 3.25. The van der Waals surface area contributed by atoms with Crippen LogP contribution in [0, 0.1) is 11.6 Å². The summed E-state index contributed by atoms with van der Waals surface area (Å²) in [6.07, 6.45) is 5.00. The topological polar surface area (TPSA) is 119 Å². The molecule has 1 fully saturated rings. The molecule has 2 aromatic carbocycles. The van der Waals surface area contributed by atoms with Crippen molar-refractivity contribution in [3.8, 4) is 17.0 Å². The number of halogens is 3. The number of ether oxygens (including phenoxy) is 1. The van der Waals surface area contributed by atoms with Crippen molar-refractivity contribution < 1.29 is 18.3 Å². The zero-order valence-electron chi connectivity index (χ0n) is 21.4. The van der Waals surface area contributed by atoms with Gasteiger partial charge >= 0.3 is 0 Å². The van der Waals surface area contributed by atoms with Crippen LogP contribution in [-0.4, -0.2) is 35.0 Å². The molecule has 1 atom stereocenters. The van der Waals surface area contributed by atoms with E-state index in [-0.39, 0.29) is 35.5 Å². The van der Waals surface area contributed by atoms with Crippen LogP contribution in [0.1, 0.15) is 28.9 Å². The monoisotopic (exact) mass is 564 g/mol. The minimum atomic E-state index is -0.966. The number of nitrogens with one attached hydrogen (secondary N) is 1. The number of hydrogen-bond acceptors (Lipinski definition) is 7. The third-order valence-electron chi connectivity index (χ3n) is 6.64. The summed E-state index contributed by atoms with van der Waals surface area (Å²) in [4.78, 5) is 23.7. The number of piperidine rings is 1. The Morgan fingerprint density at radius 2 is 1.98 bits per heavy atom. The Kier molecular flexibility index (Phi) is 8.09. The number of carbonyl (C=O) groups is 1. The molecule has 8 nitrogen and oxygen atoms in total. The highest BCUT2D eigenvalue weighted by molar-refractivity contribution is 6.31. The summed E-state index contributed by atoms with van der Waals surface area (Å²) in [5.41, 5.74) is 13.3. The predicted octanol–water partition coefficient (Wildman–Crippen LogP) is 5.42. The van der Waals surface area contributed by atoms with Crippen molar-refractivity contribution in [1.82, 2.24) is 9.97 Å². The SMILES string of the molecule is Nc1ccc(-c2c(F)ccc(OCc3ccccc3Cl)c2F)nc1C(=O)Nc1cnccc1N1CCC[C@H](N)C1. The number of anilines is 3. The van der Waals surface area contributed by atoms with Crippen molar-refractivity contribution in [2.45, 2.75) is 25.5 Å². The van der Waals surface area contributed by atoms with Crippen molar-refractivity contribution in [2.24, 2.45) is 5.73 Å². The molecule has 1 aliphatic rings. The van der Waals surface area contributed by atoms with E-state index in [2.05, 4.69) is 20.2 Å². The van der Waals surface area contributed by atoms with Gasteiger partial charge in [0.25, 0.3) is 5.91 Å². The van der Waals surface area contributed by atoms with Crippen LogP contribution in [0.25, 0.3) is 11.3 Å². The average Bonchev–Trinajstić information content (AvgIpc) is 2.94. The van der Waals surface area contributed by atoms with Crippen LogP contribution >= 0.6 is 11.6 Å². The molecule has 40 heavy (non-hydrogen) atoms. The van der Waals surface area contributed by atoms with Gasteiger partial charge in [0, 0.05) is 35.9 Å². The van der Waals surface area contributed by atoms with Gasteiger partial charge in [-0.15, -0.1) is 0 Å². The fourth-order valence-electron chi connectivity index (χ4n) is 4.61. The number of benzene rings is 2. The van der Waals surface area contributed by atoms with Crippen molar-refractivity contribution in [1.29, 1.82) is 0 Å². The first-order valence-electron chi connectivity index (χ1n) is 12.7. The van der Waals surface area contributed by atoms with Gasteiger partial charge in [0.15, 0.2) is 17.3 Å². The summed E-state index contributed by atoms with van der Waals surface area (Å²) in [6, 6.07) is 13.8. The fraction of sp³-hybridized carbons (Fsp3) is 0.207. The minimum absolute atomic E-state index is 0.0219. The number of hydrogen-bond donors (Lipinski definition) is 3. The number of nitrogens with zero attached hydrogens (tertiary/aromatic N) is 3. The van der Waals surface area contributed by atoms with E-state index in [4.69, 9.17) is 27.8 Å². The molecule has 0 aliphatic carbocycles. The van der Waals surface area contributed by atoms with Crippen molar-refractivity contribution in [2.75, 3.05) is 29.0 Å². The molecule has 5 N–H and O–H groups in total. The zero-order chi connectivity index (χ0) is 28.2. The van der Waals surface area contributed by atoms with Gasteiger partial charge in [-0.2, -0.15) is 0 Å². The second kappa shape index (κ2) is 11.8. The summed E-state index contributed by atoms with van der Waals surface area (Å²) in [5.74, 6) is -2.68. The standard InChI is InChI=1S/C29H27ClF2N6O2/c30-19-6-2-1-4-17(19)16-40-25-10-7-20(31)26(27(25)32)22-9-8-21(34)28(36-22)29(39)37-23-14-35-12-11-24(23)38-13-3-5-18(33)15-38/h1-2,4,6-12,14,18H,3,5,13,15-16,33-34H2,(H,37,39)/t18-/m0/s1. The van der Waals surface area contributed by atoms with Crippen LogP contribution < -0.4 is 26.4 Å². The molecule has 0 spiro atoms. The number of aromatic nitrogens is 2. The van der Waals surface area contributed by atoms with E-state index in [0.29, 0.717) is 22.8 Å². The van der Waals surface area contributed by atoms with E-state index in [1.807, 2.05) is 0 Å². The number of carbonyl (C=O) groups excluding carboxylic acids is 1. The van der Waals surface area contributed by atoms with E-state index in [1.165, 1.54) is 24.4 Å². The molecule has 0 bridgehead atoms. The number of nitrogen functional groups attached to an aromatic ring is 1. The van der Waals surface area contributed by atoms with Crippen molar-refractivity contribution >= 4 is 34.6 Å². The maximum atomic E-state index is 15.5. The van der Waals surface area contributed by atoms with Gasteiger partial charge < -0.3 is 26.4 Å². The Morgan fingerprint density at radius 3 is 2.77 bits per heavy atom. The van der Waals surface area contributed by atoms with Gasteiger partial charge in [0.1, 0.15) is 12.4 Å². The number of nitrogens with two attached hydrogens (primary N) is 2. The Balaban J connectivity index is 1.41. The van der Waals surface area contributed by atoms with Gasteiger partial charge in [0.2, 0.25) is 0 Å². The Labute approximate surface area is 234 Å². The smallest absolute Gasteiger partial charge is 0.276 e. The summed E-state index contributed by atoms with van der Waals surface area (Å²) < 4.78 is 36.0. The zero-order valence-corrected chi connectivity index (χ0v) is 22.2. The van der Waals surface area contributed by atoms with Crippen LogP contribution in [0.3, 0.4) is 0 Å². The summed E-state index contributed by atoms with van der Waals surface area (Å²) in [7, 11) is 0. The summed E-state index contributed by atoms with van der Waals surface area (Å²) >= 11 is 6.16. The molecule has 3 heterocycles. The van der Waals surface area contributed by atoms with E-state index < -0.39 is 23.1 Å². The largest absolute Gasteiger partial charge is 0.486 e. The first kappa shape index (κ1) is 27.3. The molecule has 1 amide bonds. The van der Waals surface area contributed by atoms with Gasteiger partial charge in [-0.3, -0.25) is 9.78 Å². The van der Waals surface area contributed by atoms with E-state index in [9.17, 15) is 9.18 Å². The van der Waals surface area contributed by atoms with Crippen molar-refractivity contribution in [3.05, 3.63) is 94.9 Å². The highest BCUT2D eigenvalue weighted by Crippen LogP contribution is 2.33. The normalized spacial score (nSPS) is 15.1. The maximum absolute atomic E-state index is 15.5. The highest BCUT2D eigenvalue weighted by atomic mass is 35.5. The Morgan fingerprint density at radius 1 is 1.15 bits per heavy atom. The quantitative estimate of drug-likeness (QED) is 0.274. The molecule has 2 aromatic heterocycles. The Hall–Kier alpha value is -4.28. The molecular weight excluding hydrogens is 538 g/mol. The van der Waals surface area contributed by atoms with Crippen LogP contribution in [0.4, 0.5) is 25.8 Å². The highest BCUT2D eigenvalue weighted by Gasteiger charge is 2.23. The predicted molar refractivity (Wildman–Crippen MR) is 151 cm³/mol. The third kappa shape index (κ3) is 5.83. The van der Waals surface area contributed by atoms with Crippen LogP contribution in [0.5, 0.6) is 5.75 Å². The molecule has 0 unspecified atom stereocenters. The lowest BCUT2D eigenvalue weighted by molar-refractivity contribution is 0.102. The third-order valence-corrected chi connectivity index (χ3v) is 7.01. The first-order chi connectivity index (χ1) is 19.3. The summed E-state index contributed by atoms with van der Waals surface area (Å²) in [6.45, 7) is 1.39. The second-order valence-electron chi connectivity index (χ2n) is 9.44. The molecule has 206 valence electrons. The lowest BCUT2D eigenvalue weighted by Crippen LogP contribution is -2.43. The minimum Gasteiger partial charge on any atom is -0.486 e. The maximum Gasteiger partial charge on any atom is 0.276 e. The fourth-order valence-corrected chi connectivity index (χ4v) is 4.80. The number of rotatable bonds is 7. The molecular formula is C29H27ClF2N6O2. The Bertz CT molecular complexity index is 1550. The number of pyridine rings is 2. The van der Waals surface area contributed by atoms with E-state index in [0.717, 1.165) is 31.1 Å². The van der Waals surface area contributed by atoms with Crippen LogP contribution in [0.2, 0.25) is 5.02 Å². The first-order valence-corrected chi connectivity index (χ1v) is 13.1. The molecule has 1 saturated heterocycles. The lowest BCUT2D eigenvalue weighted by Gasteiger charge is -2.33. The number of amides is 1. The molecule has 0 radical (unpaired) electrons. The van der Waals surface area contributed by atoms with Crippen LogP contribution in [-0.2, 0) is 6.61 Å². The van der Waals surface area contributed by atoms with Crippen LogP contribution in [0.15, 0.2) is 67.0 Å². The van der Waals surface area contributed by atoms with Crippen molar-refractivity contribution in [3.63, 3.8) is 0 Å². The van der Waals surface area contributed by atoms with E-state index in [1.54, 1.807) is 36.5 Å². The molecule has 5 rings (SSSR count).